The van der Waals surface area contributed by atoms with Gasteiger partial charge in [0.1, 0.15) is 0 Å². The molecule has 2 aromatic carbocycles. The van der Waals surface area contributed by atoms with Gasteiger partial charge in [-0.15, -0.1) is 11.8 Å². The number of amides is 1. The number of unbranched alkanes of at least 4 members (excludes halogenated alkanes) is 1. The average Bonchev–Trinajstić information content (AvgIpc) is 2.56. The fourth-order valence-electron chi connectivity index (χ4n) is 2.15. The minimum atomic E-state index is -0.170. The maximum absolute atomic E-state index is 12.3. The number of thioether (sulfide) groups is 1. The molecule has 0 heterocycles. The number of hydrogen-bond donors (Lipinski definition) is 1. The Hall–Kier alpha value is -1.45. The van der Waals surface area contributed by atoms with Crippen molar-refractivity contribution in [3.05, 3.63) is 59.1 Å². The number of carbonyl (C=O) groups excluding carboxylic acids is 1. The SMILES string of the molecule is CCCCc1ccc(NC(=O)[C@H](C)Sc2ccc(Cl)cc2)cc1. The Kier molecular flexibility index (Phi) is 7.00. The number of carbonyl (C=O) groups is 1. The van der Waals surface area contributed by atoms with E-state index in [1.165, 1.54) is 30.2 Å². The number of anilines is 1. The summed E-state index contributed by atoms with van der Waals surface area (Å²) >= 11 is 7.40. The molecule has 2 nitrogen and oxygen atoms in total. The Morgan fingerprint density at radius 3 is 2.39 bits per heavy atom. The van der Waals surface area contributed by atoms with E-state index in [0.29, 0.717) is 5.02 Å². The lowest BCUT2D eigenvalue weighted by molar-refractivity contribution is -0.115. The van der Waals surface area contributed by atoms with E-state index in [1.54, 1.807) is 0 Å². The van der Waals surface area contributed by atoms with Crippen molar-refractivity contribution in [1.82, 2.24) is 0 Å². The third-order valence-electron chi connectivity index (χ3n) is 3.54. The molecule has 2 aromatic rings. The van der Waals surface area contributed by atoms with Crippen LogP contribution in [0.2, 0.25) is 5.02 Å². The molecule has 0 saturated carbocycles. The van der Waals surface area contributed by atoms with Gasteiger partial charge in [-0.25, -0.2) is 0 Å². The Morgan fingerprint density at radius 2 is 1.78 bits per heavy atom. The Morgan fingerprint density at radius 1 is 1.13 bits per heavy atom. The molecule has 1 atom stereocenters. The smallest absolute Gasteiger partial charge is 0.237 e. The third-order valence-corrected chi connectivity index (χ3v) is 4.90. The van der Waals surface area contributed by atoms with E-state index >= 15 is 0 Å². The van der Waals surface area contributed by atoms with Crippen molar-refractivity contribution in [2.24, 2.45) is 0 Å². The van der Waals surface area contributed by atoms with Gasteiger partial charge in [0.15, 0.2) is 0 Å². The molecule has 0 aliphatic rings. The fraction of sp³-hybridized carbons (Fsp3) is 0.316. The minimum absolute atomic E-state index is 0.00579. The maximum Gasteiger partial charge on any atom is 0.237 e. The summed E-state index contributed by atoms with van der Waals surface area (Å²) in [6.45, 7) is 4.10. The first-order chi connectivity index (χ1) is 11.1. The summed E-state index contributed by atoms with van der Waals surface area (Å²) in [5.74, 6) is 0.00579. The second kappa shape index (κ2) is 8.99. The highest BCUT2D eigenvalue weighted by Crippen LogP contribution is 2.25. The van der Waals surface area contributed by atoms with E-state index < -0.39 is 0 Å². The summed E-state index contributed by atoms with van der Waals surface area (Å²) in [5, 5.41) is 3.50. The van der Waals surface area contributed by atoms with Crippen molar-refractivity contribution >= 4 is 35.0 Å². The maximum atomic E-state index is 12.3. The number of nitrogens with one attached hydrogen (secondary N) is 1. The van der Waals surface area contributed by atoms with E-state index in [-0.39, 0.29) is 11.2 Å². The van der Waals surface area contributed by atoms with Gasteiger partial charge >= 0.3 is 0 Å². The molecule has 0 fully saturated rings. The number of hydrogen-bond acceptors (Lipinski definition) is 2. The molecule has 0 aliphatic carbocycles. The van der Waals surface area contributed by atoms with E-state index in [2.05, 4.69) is 24.4 Å². The molecule has 0 aliphatic heterocycles. The largest absolute Gasteiger partial charge is 0.325 e. The molecule has 1 N–H and O–H groups in total. The second-order valence-corrected chi connectivity index (χ2v) is 7.35. The van der Waals surface area contributed by atoms with Crippen molar-refractivity contribution in [1.29, 1.82) is 0 Å². The van der Waals surface area contributed by atoms with E-state index in [0.717, 1.165) is 17.0 Å². The first-order valence-corrected chi connectivity index (χ1v) is 9.16. The second-order valence-electron chi connectivity index (χ2n) is 5.50. The van der Waals surface area contributed by atoms with Gasteiger partial charge in [-0.1, -0.05) is 37.1 Å². The molecule has 0 bridgehead atoms. The quantitative estimate of drug-likeness (QED) is 0.641. The van der Waals surface area contributed by atoms with Crippen LogP contribution in [0.15, 0.2) is 53.4 Å². The lowest BCUT2D eigenvalue weighted by Crippen LogP contribution is -2.22. The first kappa shape index (κ1) is 17.9. The van der Waals surface area contributed by atoms with Crippen LogP contribution in [0.5, 0.6) is 0 Å². The predicted molar refractivity (Wildman–Crippen MR) is 100 cm³/mol. The highest BCUT2D eigenvalue weighted by atomic mass is 35.5. The summed E-state index contributed by atoms with van der Waals surface area (Å²) in [6, 6.07) is 15.7. The summed E-state index contributed by atoms with van der Waals surface area (Å²) in [4.78, 5) is 13.3. The molecule has 2 rings (SSSR count). The van der Waals surface area contributed by atoms with Crippen LogP contribution in [-0.4, -0.2) is 11.2 Å². The van der Waals surface area contributed by atoms with Crippen LogP contribution in [0, 0.1) is 0 Å². The van der Waals surface area contributed by atoms with E-state index in [1.807, 2.05) is 43.3 Å². The molecular weight excluding hydrogens is 326 g/mol. The van der Waals surface area contributed by atoms with Gasteiger partial charge < -0.3 is 5.32 Å². The van der Waals surface area contributed by atoms with Gasteiger partial charge in [0.05, 0.1) is 5.25 Å². The number of rotatable bonds is 7. The lowest BCUT2D eigenvalue weighted by atomic mass is 10.1. The molecule has 0 radical (unpaired) electrons. The molecule has 23 heavy (non-hydrogen) atoms. The molecule has 0 unspecified atom stereocenters. The summed E-state index contributed by atoms with van der Waals surface area (Å²) in [7, 11) is 0. The number of aryl methyl sites for hydroxylation is 1. The topological polar surface area (TPSA) is 29.1 Å². The lowest BCUT2D eigenvalue weighted by Gasteiger charge is -2.12. The van der Waals surface area contributed by atoms with Gasteiger partial charge in [-0.2, -0.15) is 0 Å². The molecule has 122 valence electrons. The summed E-state index contributed by atoms with van der Waals surface area (Å²) in [5.41, 5.74) is 2.16. The molecular formula is C19H22ClNOS. The standard InChI is InChI=1S/C19H22ClNOS/c1-3-4-5-15-6-10-17(11-7-15)21-19(22)14(2)23-18-12-8-16(20)9-13-18/h6-14H,3-5H2,1-2H3,(H,21,22)/t14-/m0/s1. The van der Waals surface area contributed by atoms with Crippen LogP contribution in [0.25, 0.3) is 0 Å². The van der Waals surface area contributed by atoms with Crippen LogP contribution in [0.4, 0.5) is 5.69 Å². The Labute approximate surface area is 147 Å². The van der Waals surface area contributed by atoms with Crippen LogP contribution < -0.4 is 5.32 Å². The Bertz CT molecular complexity index is 625. The van der Waals surface area contributed by atoms with Crippen LogP contribution in [0.1, 0.15) is 32.3 Å². The summed E-state index contributed by atoms with van der Waals surface area (Å²) in [6.07, 6.45) is 3.48. The van der Waals surface area contributed by atoms with E-state index in [4.69, 9.17) is 11.6 Å². The van der Waals surface area contributed by atoms with Crippen molar-refractivity contribution in [3.8, 4) is 0 Å². The highest BCUT2D eigenvalue weighted by molar-refractivity contribution is 8.00. The normalized spacial score (nSPS) is 12.0. The van der Waals surface area contributed by atoms with E-state index in [9.17, 15) is 4.79 Å². The fourth-order valence-corrected chi connectivity index (χ4v) is 3.14. The van der Waals surface area contributed by atoms with Crippen LogP contribution in [0.3, 0.4) is 0 Å². The summed E-state index contributed by atoms with van der Waals surface area (Å²) < 4.78 is 0. The molecule has 1 amide bonds. The average molecular weight is 348 g/mol. The minimum Gasteiger partial charge on any atom is -0.325 e. The van der Waals surface area contributed by atoms with Gasteiger partial charge in [0, 0.05) is 15.6 Å². The molecule has 0 saturated heterocycles. The zero-order chi connectivity index (χ0) is 16.7. The molecule has 0 spiro atoms. The zero-order valence-electron chi connectivity index (χ0n) is 13.5. The first-order valence-electron chi connectivity index (χ1n) is 7.90. The van der Waals surface area contributed by atoms with Gasteiger partial charge in [-0.3, -0.25) is 4.79 Å². The number of halogens is 1. The van der Waals surface area contributed by atoms with Gasteiger partial charge in [-0.05, 0) is 61.7 Å². The van der Waals surface area contributed by atoms with Crippen molar-refractivity contribution in [2.45, 2.75) is 43.3 Å². The monoisotopic (exact) mass is 347 g/mol. The third kappa shape index (κ3) is 5.92. The van der Waals surface area contributed by atoms with Crippen molar-refractivity contribution in [2.75, 3.05) is 5.32 Å². The van der Waals surface area contributed by atoms with Crippen LogP contribution >= 0.6 is 23.4 Å². The highest BCUT2D eigenvalue weighted by Gasteiger charge is 2.14. The molecule has 4 heteroatoms. The van der Waals surface area contributed by atoms with Crippen LogP contribution in [-0.2, 0) is 11.2 Å². The van der Waals surface area contributed by atoms with Crippen molar-refractivity contribution < 1.29 is 4.79 Å². The Balaban J connectivity index is 1.88. The molecule has 0 aromatic heterocycles. The number of benzene rings is 2. The predicted octanol–water partition coefficient (Wildman–Crippen LogP) is 5.80. The van der Waals surface area contributed by atoms with Gasteiger partial charge in [0.2, 0.25) is 5.91 Å². The zero-order valence-corrected chi connectivity index (χ0v) is 15.1. The van der Waals surface area contributed by atoms with Crippen molar-refractivity contribution in [3.63, 3.8) is 0 Å². The van der Waals surface area contributed by atoms with Gasteiger partial charge in [0.25, 0.3) is 0 Å².